The molecule has 7 heteroatoms. The number of anilines is 1. The van der Waals surface area contributed by atoms with Gasteiger partial charge in [-0.1, -0.05) is 18.6 Å². The predicted octanol–water partition coefficient (Wildman–Crippen LogP) is 4.70. The van der Waals surface area contributed by atoms with E-state index < -0.39 is 0 Å². The van der Waals surface area contributed by atoms with E-state index in [0.29, 0.717) is 11.6 Å². The second-order valence-corrected chi connectivity index (χ2v) is 8.93. The molecule has 0 unspecified atom stereocenters. The van der Waals surface area contributed by atoms with Gasteiger partial charge in [0, 0.05) is 18.3 Å². The second kappa shape index (κ2) is 8.91. The zero-order valence-corrected chi connectivity index (χ0v) is 17.0. The summed E-state index contributed by atoms with van der Waals surface area (Å²) in [5.41, 5.74) is 2.11. The van der Waals surface area contributed by atoms with Gasteiger partial charge in [0.05, 0.1) is 20.9 Å². The van der Waals surface area contributed by atoms with Crippen molar-refractivity contribution in [2.24, 2.45) is 0 Å². The number of thiazole rings is 2. The Balaban J connectivity index is 1.22. The molecule has 0 bridgehead atoms. The fourth-order valence-corrected chi connectivity index (χ4v) is 5.12. The maximum atomic E-state index is 12.2. The van der Waals surface area contributed by atoms with Crippen molar-refractivity contribution < 1.29 is 4.79 Å². The lowest BCUT2D eigenvalue weighted by Crippen LogP contribution is -2.29. The van der Waals surface area contributed by atoms with Crippen molar-refractivity contribution in [3.63, 3.8) is 0 Å². The third kappa shape index (κ3) is 5.12. The van der Waals surface area contributed by atoms with Crippen LogP contribution in [0.15, 0.2) is 29.6 Å². The van der Waals surface area contributed by atoms with Crippen LogP contribution in [0.2, 0.25) is 0 Å². The highest BCUT2D eigenvalue weighted by atomic mass is 32.1. The SMILES string of the molecule is O=C(CCCc1nc2ccccc2s1)Nc1nc(CN2CCCCC2)cs1. The normalized spacial score (nSPS) is 15.3. The zero-order chi connectivity index (χ0) is 18.5. The fraction of sp³-hybridized carbons (Fsp3) is 0.450. The van der Waals surface area contributed by atoms with E-state index in [1.54, 1.807) is 11.3 Å². The summed E-state index contributed by atoms with van der Waals surface area (Å²) in [6.07, 6.45) is 6.04. The summed E-state index contributed by atoms with van der Waals surface area (Å²) in [7, 11) is 0. The van der Waals surface area contributed by atoms with E-state index in [9.17, 15) is 4.79 Å². The highest BCUT2D eigenvalue weighted by Crippen LogP contribution is 2.23. The van der Waals surface area contributed by atoms with Crippen LogP contribution in [0.4, 0.5) is 5.13 Å². The first-order chi connectivity index (χ1) is 13.3. The van der Waals surface area contributed by atoms with E-state index in [2.05, 4.69) is 31.6 Å². The van der Waals surface area contributed by atoms with E-state index in [1.165, 1.54) is 35.3 Å². The molecule has 1 N–H and O–H groups in total. The minimum Gasteiger partial charge on any atom is -0.302 e. The molecule has 2 aromatic heterocycles. The minimum atomic E-state index is 0.0370. The highest BCUT2D eigenvalue weighted by Gasteiger charge is 2.13. The standard InChI is InChI=1S/C20H24N4OS2/c25-18(9-6-10-19-22-16-7-2-3-8-17(16)27-19)23-20-21-15(14-26-20)13-24-11-4-1-5-12-24/h2-3,7-8,14H,1,4-6,9-13H2,(H,21,23,25). The van der Waals surface area contributed by atoms with Crippen molar-refractivity contribution in [1.82, 2.24) is 14.9 Å². The molecule has 142 valence electrons. The van der Waals surface area contributed by atoms with Gasteiger partial charge >= 0.3 is 0 Å². The highest BCUT2D eigenvalue weighted by molar-refractivity contribution is 7.18. The largest absolute Gasteiger partial charge is 0.302 e. The molecule has 5 nitrogen and oxygen atoms in total. The van der Waals surface area contributed by atoms with Crippen molar-refractivity contribution in [3.8, 4) is 0 Å². The first-order valence-corrected chi connectivity index (χ1v) is 11.3. The van der Waals surface area contributed by atoms with E-state index in [-0.39, 0.29) is 5.91 Å². The Hall–Kier alpha value is -1.83. The topological polar surface area (TPSA) is 58.1 Å². The van der Waals surface area contributed by atoms with Gasteiger partial charge in [-0.25, -0.2) is 9.97 Å². The predicted molar refractivity (Wildman–Crippen MR) is 112 cm³/mol. The van der Waals surface area contributed by atoms with Gasteiger partial charge in [-0.2, -0.15) is 0 Å². The molecule has 0 radical (unpaired) electrons. The Morgan fingerprint density at radius 1 is 1.15 bits per heavy atom. The maximum Gasteiger partial charge on any atom is 0.226 e. The molecule has 1 aliphatic rings. The molecule has 3 aromatic rings. The van der Waals surface area contributed by atoms with Crippen molar-refractivity contribution in [2.45, 2.75) is 45.1 Å². The molecule has 1 saturated heterocycles. The molecule has 3 heterocycles. The number of aromatic nitrogens is 2. The van der Waals surface area contributed by atoms with Crippen LogP contribution in [0.3, 0.4) is 0 Å². The first-order valence-electron chi connectivity index (χ1n) is 9.57. The van der Waals surface area contributed by atoms with E-state index in [1.807, 2.05) is 18.2 Å². The molecule has 4 rings (SSSR count). The number of fused-ring (bicyclic) bond motifs is 1. The summed E-state index contributed by atoms with van der Waals surface area (Å²) >= 11 is 3.23. The summed E-state index contributed by atoms with van der Waals surface area (Å²) in [4.78, 5) is 23.8. The number of carbonyl (C=O) groups excluding carboxylic acids is 1. The second-order valence-electron chi connectivity index (χ2n) is 6.96. The molecule has 0 atom stereocenters. The average Bonchev–Trinajstić information content (AvgIpc) is 3.28. The molecule has 27 heavy (non-hydrogen) atoms. The number of benzene rings is 1. The number of aryl methyl sites for hydroxylation is 1. The Morgan fingerprint density at radius 3 is 2.85 bits per heavy atom. The quantitative estimate of drug-likeness (QED) is 0.624. The van der Waals surface area contributed by atoms with Gasteiger partial charge in [-0.3, -0.25) is 9.69 Å². The lowest BCUT2D eigenvalue weighted by atomic mass is 10.1. The van der Waals surface area contributed by atoms with Crippen LogP contribution in [0.1, 0.15) is 42.8 Å². The van der Waals surface area contributed by atoms with Crippen LogP contribution < -0.4 is 5.32 Å². The average molecular weight is 401 g/mol. The zero-order valence-electron chi connectivity index (χ0n) is 15.3. The molecular formula is C20H24N4OS2. The number of para-hydroxylation sites is 1. The van der Waals surface area contributed by atoms with Crippen LogP contribution in [0, 0.1) is 0 Å². The van der Waals surface area contributed by atoms with Gasteiger partial charge in [0.15, 0.2) is 5.13 Å². The van der Waals surface area contributed by atoms with Gasteiger partial charge in [0.1, 0.15) is 0 Å². The molecule has 1 aromatic carbocycles. The van der Waals surface area contributed by atoms with Crippen LogP contribution in [0.5, 0.6) is 0 Å². The van der Waals surface area contributed by atoms with E-state index >= 15 is 0 Å². The number of nitrogens with one attached hydrogen (secondary N) is 1. The number of hydrogen-bond acceptors (Lipinski definition) is 6. The van der Waals surface area contributed by atoms with Crippen molar-refractivity contribution >= 4 is 43.9 Å². The Morgan fingerprint density at radius 2 is 2.00 bits per heavy atom. The van der Waals surface area contributed by atoms with Crippen LogP contribution in [-0.2, 0) is 17.8 Å². The number of nitrogens with zero attached hydrogens (tertiary/aromatic N) is 3. The van der Waals surface area contributed by atoms with Crippen LogP contribution in [-0.4, -0.2) is 33.9 Å². The number of rotatable bonds is 7. The fourth-order valence-electron chi connectivity index (χ4n) is 3.39. The van der Waals surface area contributed by atoms with Gasteiger partial charge < -0.3 is 5.32 Å². The van der Waals surface area contributed by atoms with Gasteiger partial charge in [-0.15, -0.1) is 22.7 Å². The number of piperidine rings is 1. The maximum absolute atomic E-state index is 12.2. The summed E-state index contributed by atoms with van der Waals surface area (Å²) < 4.78 is 1.21. The number of hydrogen-bond donors (Lipinski definition) is 1. The van der Waals surface area contributed by atoms with Crippen LogP contribution in [0.25, 0.3) is 10.2 Å². The Labute approximate surface area is 167 Å². The van der Waals surface area contributed by atoms with E-state index in [4.69, 9.17) is 0 Å². The van der Waals surface area contributed by atoms with E-state index in [0.717, 1.165) is 48.7 Å². The molecule has 1 aliphatic heterocycles. The molecular weight excluding hydrogens is 376 g/mol. The van der Waals surface area contributed by atoms with Crippen LogP contribution >= 0.6 is 22.7 Å². The number of likely N-dealkylation sites (tertiary alicyclic amines) is 1. The Bertz CT molecular complexity index is 865. The molecule has 0 aliphatic carbocycles. The molecule has 1 amide bonds. The van der Waals surface area contributed by atoms with Crippen molar-refractivity contribution in [3.05, 3.63) is 40.3 Å². The Kier molecular flexibility index (Phi) is 6.11. The lowest BCUT2D eigenvalue weighted by Gasteiger charge is -2.25. The third-order valence-corrected chi connectivity index (χ3v) is 6.67. The van der Waals surface area contributed by atoms with Crippen molar-refractivity contribution in [1.29, 1.82) is 0 Å². The van der Waals surface area contributed by atoms with Gasteiger partial charge in [0.25, 0.3) is 0 Å². The minimum absolute atomic E-state index is 0.0370. The molecule has 0 spiro atoms. The smallest absolute Gasteiger partial charge is 0.226 e. The lowest BCUT2D eigenvalue weighted by molar-refractivity contribution is -0.116. The van der Waals surface area contributed by atoms with Gasteiger partial charge in [0.2, 0.25) is 5.91 Å². The summed E-state index contributed by atoms with van der Waals surface area (Å²) in [5.74, 6) is 0.0370. The summed E-state index contributed by atoms with van der Waals surface area (Å²) in [6.45, 7) is 3.21. The van der Waals surface area contributed by atoms with Gasteiger partial charge in [-0.05, 0) is 50.9 Å². The molecule has 1 fully saturated rings. The monoisotopic (exact) mass is 400 g/mol. The molecule has 0 saturated carbocycles. The number of carbonyl (C=O) groups is 1. The number of amides is 1. The summed E-state index contributed by atoms with van der Waals surface area (Å²) in [5, 5.41) is 6.82. The van der Waals surface area contributed by atoms with Crippen molar-refractivity contribution in [2.75, 3.05) is 18.4 Å². The first kappa shape index (κ1) is 18.5. The summed E-state index contributed by atoms with van der Waals surface area (Å²) in [6, 6.07) is 8.16. The third-order valence-electron chi connectivity index (χ3n) is 4.77.